The molecular weight excluding hydrogens is 320 g/mol. The molecule has 1 atom stereocenters. The number of hydrogen-bond acceptors (Lipinski definition) is 5. The van der Waals surface area contributed by atoms with E-state index in [0.29, 0.717) is 22.5 Å². The molecule has 25 heavy (non-hydrogen) atoms. The van der Waals surface area contributed by atoms with Crippen molar-refractivity contribution < 1.29 is 9.72 Å². The van der Waals surface area contributed by atoms with Crippen molar-refractivity contribution in [1.82, 2.24) is 0 Å². The summed E-state index contributed by atoms with van der Waals surface area (Å²) in [5.74, 6) is -0.707. The smallest absolute Gasteiger partial charge is 0.278 e. The third-order valence-corrected chi connectivity index (χ3v) is 3.66. The van der Waals surface area contributed by atoms with Crippen LogP contribution in [0.5, 0.6) is 0 Å². The molecule has 7 nitrogen and oxygen atoms in total. The van der Waals surface area contributed by atoms with E-state index in [1.165, 1.54) is 12.3 Å². The zero-order valence-corrected chi connectivity index (χ0v) is 13.7. The Balaban J connectivity index is 2.14. The SMILES string of the molecule is CC(CC(N)=O)C(=N)c1ccc(N=Cc2ccccc2[N+](=O)[O-])cc1. The first-order valence-electron chi connectivity index (χ1n) is 7.63. The molecule has 2 aromatic rings. The number of primary amides is 1. The highest BCUT2D eigenvalue weighted by Crippen LogP contribution is 2.19. The van der Waals surface area contributed by atoms with Gasteiger partial charge in [0.25, 0.3) is 5.69 Å². The van der Waals surface area contributed by atoms with Gasteiger partial charge in [0.2, 0.25) is 5.91 Å². The van der Waals surface area contributed by atoms with Crippen LogP contribution in [0.2, 0.25) is 0 Å². The van der Waals surface area contributed by atoms with E-state index in [9.17, 15) is 14.9 Å². The predicted molar refractivity (Wildman–Crippen MR) is 96.6 cm³/mol. The van der Waals surface area contributed by atoms with Crippen LogP contribution in [0.25, 0.3) is 0 Å². The first kappa shape index (κ1) is 18.0. The van der Waals surface area contributed by atoms with Gasteiger partial charge in [-0.15, -0.1) is 0 Å². The minimum Gasteiger partial charge on any atom is -0.370 e. The molecule has 128 valence electrons. The van der Waals surface area contributed by atoms with Crippen molar-refractivity contribution in [3.05, 3.63) is 69.8 Å². The summed E-state index contributed by atoms with van der Waals surface area (Å²) in [4.78, 5) is 25.7. The fourth-order valence-corrected chi connectivity index (χ4v) is 2.32. The Morgan fingerprint density at radius 2 is 1.92 bits per heavy atom. The molecule has 0 spiro atoms. The monoisotopic (exact) mass is 338 g/mol. The number of amides is 1. The highest BCUT2D eigenvalue weighted by molar-refractivity contribution is 6.01. The highest BCUT2D eigenvalue weighted by atomic mass is 16.6. The lowest BCUT2D eigenvalue weighted by atomic mass is 9.95. The van der Waals surface area contributed by atoms with E-state index in [0.717, 1.165) is 0 Å². The van der Waals surface area contributed by atoms with Gasteiger partial charge in [0.1, 0.15) is 0 Å². The molecule has 0 heterocycles. The standard InChI is InChI=1S/C18H18N4O3/c1-12(10-17(19)23)18(20)13-6-8-15(9-7-13)21-11-14-4-2-3-5-16(14)22(24)25/h2-9,11-12,20H,10H2,1H3,(H2,19,23). The zero-order valence-electron chi connectivity index (χ0n) is 13.7. The summed E-state index contributed by atoms with van der Waals surface area (Å²) in [5, 5.41) is 19.1. The number of carbonyl (C=O) groups is 1. The van der Waals surface area contributed by atoms with Crippen LogP contribution in [-0.4, -0.2) is 22.8 Å². The van der Waals surface area contributed by atoms with Gasteiger partial charge in [0, 0.05) is 30.3 Å². The average Bonchev–Trinajstić information content (AvgIpc) is 2.59. The van der Waals surface area contributed by atoms with Crippen LogP contribution in [0.4, 0.5) is 11.4 Å². The maximum Gasteiger partial charge on any atom is 0.278 e. The highest BCUT2D eigenvalue weighted by Gasteiger charge is 2.14. The number of nitro benzene ring substituents is 1. The molecule has 0 aromatic heterocycles. The fourth-order valence-electron chi connectivity index (χ4n) is 2.32. The van der Waals surface area contributed by atoms with E-state index in [1.807, 2.05) is 0 Å². The summed E-state index contributed by atoms with van der Waals surface area (Å²) in [7, 11) is 0. The van der Waals surface area contributed by atoms with Gasteiger partial charge in [0.05, 0.1) is 16.2 Å². The topological polar surface area (TPSA) is 122 Å². The van der Waals surface area contributed by atoms with E-state index >= 15 is 0 Å². The molecule has 0 aliphatic heterocycles. The molecule has 7 heteroatoms. The Labute approximate surface area is 144 Å². The second kappa shape index (κ2) is 7.96. The van der Waals surface area contributed by atoms with Crippen molar-refractivity contribution in [2.45, 2.75) is 13.3 Å². The lowest BCUT2D eigenvalue weighted by molar-refractivity contribution is -0.385. The van der Waals surface area contributed by atoms with Crippen LogP contribution in [-0.2, 0) is 4.79 Å². The van der Waals surface area contributed by atoms with Gasteiger partial charge in [-0.1, -0.05) is 31.2 Å². The lowest BCUT2D eigenvalue weighted by Crippen LogP contribution is -2.20. The van der Waals surface area contributed by atoms with Crippen LogP contribution in [0.1, 0.15) is 24.5 Å². The molecule has 0 saturated heterocycles. The normalized spacial score (nSPS) is 12.0. The third kappa shape index (κ3) is 4.81. The molecule has 2 aromatic carbocycles. The van der Waals surface area contributed by atoms with Gasteiger partial charge in [-0.3, -0.25) is 19.9 Å². The summed E-state index contributed by atoms with van der Waals surface area (Å²) < 4.78 is 0. The summed E-state index contributed by atoms with van der Waals surface area (Å²) in [6, 6.07) is 13.2. The van der Waals surface area contributed by atoms with E-state index in [-0.39, 0.29) is 18.0 Å². The van der Waals surface area contributed by atoms with E-state index in [4.69, 9.17) is 11.1 Å². The number of nitrogens with zero attached hydrogens (tertiary/aromatic N) is 2. The molecule has 1 amide bonds. The number of nitro groups is 1. The molecule has 0 aliphatic rings. The van der Waals surface area contributed by atoms with Crippen LogP contribution >= 0.6 is 0 Å². The zero-order chi connectivity index (χ0) is 18.4. The van der Waals surface area contributed by atoms with Crippen molar-refractivity contribution in [3.8, 4) is 0 Å². The molecule has 0 radical (unpaired) electrons. The molecule has 0 saturated carbocycles. The van der Waals surface area contributed by atoms with E-state index < -0.39 is 10.8 Å². The van der Waals surface area contributed by atoms with Crippen LogP contribution in [0.3, 0.4) is 0 Å². The van der Waals surface area contributed by atoms with Crippen molar-refractivity contribution >= 4 is 29.2 Å². The van der Waals surface area contributed by atoms with Crippen molar-refractivity contribution in [1.29, 1.82) is 5.41 Å². The number of carbonyl (C=O) groups excluding carboxylic acids is 1. The summed E-state index contributed by atoms with van der Waals surface area (Å²) in [6.45, 7) is 1.77. The quantitative estimate of drug-likeness (QED) is 0.457. The Morgan fingerprint density at radius 3 is 2.52 bits per heavy atom. The van der Waals surface area contributed by atoms with Crippen LogP contribution in [0, 0.1) is 21.4 Å². The number of rotatable bonds is 7. The Bertz CT molecular complexity index is 828. The number of para-hydroxylation sites is 1. The van der Waals surface area contributed by atoms with Crippen molar-refractivity contribution in [3.63, 3.8) is 0 Å². The van der Waals surface area contributed by atoms with Gasteiger partial charge in [-0.2, -0.15) is 0 Å². The Morgan fingerprint density at radius 1 is 1.28 bits per heavy atom. The van der Waals surface area contributed by atoms with Gasteiger partial charge in [0.15, 0.2) is 0 Å². The van der Waals surface area contributed by atoms with Crippen LogP contribution < -0.4 is 5.73 Å². The maximum atomic E-state index is 11.0. The third-order valence-electron chi connectivity index (χ3n) is 3.66. The minimum atomic E-state index is -0.452. The minimum absolute atomic E-state index is 0.00933. The number of benzene rings is 2. The largest absolute Gasteiger partial charge is 0.370 e. The van der Waals surface area contributed by atoms with Gasteiger partial charge < -0.3 is 11.1 Å². The Kier molecular flexibility index (Phi) is 5.73. The van der Waals surface area contributed by atoms with Gasteiger partial charge in [-0.25, -0.2) is 0 Å². The second-order valence-corrected chi connectivity index (χ2v) is 5.61. The van der Waals surface area contributed by atoms with E-state index in [2.05, 4.69) is 4.99 Å². The van der Waals surface area contributed by atoms with Gasteiger partial charge in [-0.05, 0) is 23.8 Å². The van der Waals surface area contributed by atoms with Crippen molar-refractivity contribution in [2.75, 3.05) is 0 Å². The van der Waals surface area contributed by atoms with Crippen molar-refractivity contribution in [2.24, 2.45) is 16.6 Å². The second-order valence-electron chi connectivity index (χ2n) is 5.61. The molecule has 1 unspecified atom stereocenters. The average molecular weight is 338 g/mol. The molecule has 0 bridgehead atoms. The molecule has 0 fully saturated rings. The molecular formula is C18H18N4O3. The Hall–Kier alpha value is -3.35. The number of nitrogens with one attached hydrogen (secondary N) is 1. The first-order valence-corrected chi connectivity index (χ1v) is 7.63. The maximum absolute atomic E-state index is 11.0. The molecule has 3 N–H and O–H groups in total. The summed E-state index contributed by atoms with van der Waals surface area (Å²) in [6.07, 6.45) is 1.56. The van der Waals surface area contributed by atoms with Crippen LogP contribution in [0.15, 0.2) is 53.5 Å². The predicted octanol–water partition coefficient (Wildman–Crippen LogP) is 3.22. The molecule has 2 rings (SSSR count). The summed E-state index contributed by atoms with van der Waals surface area (Å²) >= 11 is 0. The van der Waals surface area contributed by atoms with Gasteiger partial charge >= 0.3 is 0 Å². The fraction of sp³-hybridized carbons (Fsp3) is 0.167. The number of hydrogen-bond donors (Lipinski definition) is 2. The first-order chi connectivity index (χ1) is 11.9. The lowest BCUT2D eigenvalue weighted by Gasteiger charge is -2.11. The van der Waals surface area contributed by atoms with E-state index in [1.54, 1.807) is 49.4 Å². The number of aliphatic imine (C=N–C) groups is 1. The number of nitrogens with two attached hydrogens (primary N) is 1. The molecule has 0 aliphatic carbocycles. The summed E-state index contributed by atoms with van der Waals surface area (Å²) in [5.41, 5.74) is 7.18.